The highest BCUT2D eigenvalue weighted by Gasteiger charge is 2.12. The Labute approximate surface area is 107 Å². The summed E-state index contributed by atoms with van der Waals surface area (Å²) in [4.78, 5) is 12.6. The highest BCUT2D eigenvalue weighted by Crippen LogP contribution is 2.18. The molecule has 0 amide bonds. The third kappa shape index (κ3) is 4.15. The van der Waals surface area contributed by atoms with E-state index in [1.54, 1.807) is 12.1 Å². The summed E-state index contributed by atoms with van der Waals surface area (Å²) in [6, 6.07) is 8.92. The van der Waals surface area contributed by atoms with Crippen molar-refractivity contribution in [3.05, 3.63) is 39.9 Å². The van der Waals surface area contributed by atoms with E-state index in [0.717, 1.165) is 18.7 Å². The van der Waals surface area contributed by atoms with Crippen LogP contribution in [-0.2, 0) is 6.42 Å². The smallest absolute Gasteiger partial charge is 0.272 e. The molecule has 0 heterocycles. The summed E-state index contributed by atoms with van der Waals surface area (Å²) < 4.78 is 0. The van der Waals surface area contributed by atoms with Crippen LogP contribution in [0.5, 0.6) is 0 Å². The number of hydrogen-bond acceptors (Lipinski definition) is 4. The molecule has 0 fully saturated rings. The average Bonchev–Trinajstić information content (AvgIpc) is 2.39. The van der Waals surface area contributed by atoms with Gasteiger partial charge in [-0.1, -0.05) is 25.1 Å². The molecule has 0 aliphatic carbocycles. The monoisotopic (exact) mass is 247 g/mol. The van der Waals surface area contributed by atoms with Gasteiger partial charge in [0.05, 0.1) is 11.0 Å². The van der Waals surface area contributed by atoms with Crippen LogP contribution in [0.1, 0.15) is 18.9 Å². The molecule has 0 atom stereocenters. The molecule has 1 rings (SSSR count). The van der Waals surface area contributed by atoms with Crippen molar-refractivity contribution in [3.8, 4) is 6.07 Å². The summed E-state index contributed by atoms with van der Waals surface area (Å²) >= 11 is 0. The topological polar surface area (TPSA) is 70.2 Å². The van der Waals surface area contributed by atoms with Crippen LogP contribution in [0.3, 0.4) is 0 Å². The lowest BCUT2D eigenvalue weighted by molar-refractivity contribution is -0.385. The number of rotatable bonds is 7. The van der Waals surface area contributed by atoms with Crippen molar-refractivity contribution in [2.24, 2.45) is 0 Å². The molecule has 0 bridgehead atoms. The molecule has 5 nitrogen and oxygen atoms in total. The van der Waals surface area contributed by atoms with Gasteiger partial charge in [-0.05, 0) is 13.0 Å². The van der Waals surface area contributed by atoms with Crippen molar-refractivity contribution < 1.29 is 4.92 Å². The number of nitro benzene ring substituents is 1. The number of hydrogen-bond donors (Lipinski definition) is 0. The fraction of sp³-hybridized carbons (Fsp3) is 0.462. The largest absolute Gasteiger partial charge is 0.302 e. The third-order valence-electron chi connectivity index (χ3n) is 2.87. The SMILES string of the molecule is CCN(CCC#N)CCc1ccccc1[N+](=O)[O-]. The Hall–Kier alpha value is -1.93. The van der Waals surface area contributed by atoms with Crippen LogP contribution >= 0.6 is 0 Å². The van der Waals surface area contributed by atoms with Gasteiger partial charge in [0.2, 0.25) is 0 Å². The molecular weight excluding hydrogens is 230 g/mol. The molecular formula is C13H17N3O2. The second-order valence-corrected chi connectivity index (χ2v) is 3.98. The molecule has 18 heavy (non-hydrogen) atoms. The Kier molecular flexibility index (Phi) is 5.81. The van der Waals surface area contributed by atoms with Gasteiger partial charge >= 0.3 is 0 Å². The Morgan fingerprint density at radius 3 is 2.72 bits per heavy atom. The number of nitrogens with zero attached hydrogens (tertiary/aromatic N) is 3. The molecule has 0 saturated heterocycles. The summed E-state index contributed by atoms with van der Waals surface area (Å²) in [5.41, 5.74) is 0.923. The molecule has 0 saturated carbocycles. The van der Waals surface area contributed by atoms with Gasteiger partial charge in [0.25, 0.3) is 5.69 Å². The lowest BCUT2D eigenvalue weighted by Gasteiger charge is -2.18. The average molecular weight is 247 g/mol. The zero-order chi connectivity index (χ0) is 13.4. The van der Waals surface area contributed by atoms with E-state index < -0.39 is 0 Å². The molecule has 96 valence electrons. The summed E-state index contributed by atoms with van der Waals surface area (Å²) in [5, 5.41) is 19.4. The lowest BCUT2D eigenvalue weighted by atomic mass is 10.1. The van der Waals surface area contributed by atoms with E-state index in [1.165, 1.54) is 6.07 Å². The molecule has 0 aromatic heterocycles. The minimum absolute atomic E-state index is 0.175. The zero-order valence-electron chi connectivity index (χ0n) is 10.5. The molecule has 0 spiro atoms. The quantitative estimate of drug-likeness (QED) is 0.548. The number of para-hydroxylation sites is 1. The highest BCUT2D eigenvalue weighted by atomic mass is 16.6. The van der Waals surface area contributed by atoms with Crippen LogP contribution in [0, 0.1) is 21.4 Å². The van der Waals surface area contributed by atoms with Crippen LogP contribution < -0.4 is 0 Å². The maximum atomic E-state index is 10.9. The zero-order valence-corrected chi connectivity index (χ0v) is 10.5. The first-order chi connectivity index (χ1) is 8.69. The third-order valence-corrected chi connectivity index (χ3v) is 2.87. The van der Waals surface area contributed by atoms with Gasteiger partial charge in [-0.3, -0.25) is 10.1 Å². The standard InChI is InChI=1S/C13H17N3O2/c1-2-15(10-5-9-14)11-8-12-6-3-4-7-13(12)16(17)18/h3-4,6-7H,2,5,8,10-11H2,1H3. The summed E-state index contributed by atoms with van der Waals surface area (Å²) in [5.74, 6) is 0. The maximum absolute atomic E-state index is 10.9. The van der Waals surface area contributed by atoms with Crippen molar-refractivity contribution in [1.82, 2.24) is 4.90 Å². The number of likely N-dealkylation sites (N-methyl/N-ethyl adjacent to an activating group) is 1. The Morgan fingerprint density at radius 2 is 2.11 bits per heavy atom. The van der Waals surface area contributed by atoms with Crippen LogP contribution in [0.25, 0.3) is 0 Å². The van der Waals surface area contributed by atoms with Crippen molar-refractivity contribution in [2.75, 3.05) is 19.6 Å². The minimum atomic E-state index is -0.346. The summed E-state index contributed by atoms with van der Waals surface area (Å²) in [7, 11) is 0. The van der Waals surface area contributed by atoms with Crippen molar-refractivity contribution >= 4 is 5.69 Å². The first-order valence-electron chi connectivity index (χ1n) is 6.00. The maximum Gasteiger partial charge on any atom is 0.272 e. The van der Waals surface area contributed by atoms with Crippen molar-refractivity contribution in [2.45, 2.75) is 19.8 Å². The van der Waals surface area contributed by atoms with Crippen molar-refractivity contribution in [3.63, 3.8) is 0 Å². The normalized spacial score (nSPS) is 10.3. The molecule has 0 radical (unpaired) electrons. The number of benzene rings is 1. The summed E-state index contributed by atoms with van der Waals surface area (Å²) in [6.45, 7) is 4.33. The predicted octanol–water partition coefficient (Wildman–Crippen LogP) is 2.37. The van der Waals surface area contributed by atoms with Gasteiger partial charge in [-0.2, -0.15) is 5.26 Å². The van der Waals surface area contributed by atoms with E-state index in [9.17, 15) is 10.1 Å². The van der Waals surface area contributed by atoms with Crippen LogP contribution in [-0.4, -0.2) is 29.5 Å². The minimum Gasteiger partial charge on any atom is -0.302 e. The Balaban J connectivity index is 2.62. The van der Waals surface area contributed by atoms with Gasteiger partial charge in [-0.15, -0.1) is 0 Å². The molecule has 1 aromatic rings. The van der Waals surface area contributed by atoms with E-state index in [2.05, 4.69) is 11.0 Å². The highest BCUT2D eigenvalue weighted by molar-refractivity contribution is 5.39. The van der Waals surface area contributed by atoms with Gasteiger partial charge in [0, 0.05) is 31.1 Å². The molecule has 5 heteroatoms. The van der Waals surface area contributed by atoms with Crippen LogP contribution in [0.2, 0.25) is 0 Å². The molecule has 1 aromatic carbocycles. The van der Waals surface area contributed by atoms with E-state index in [-0.39, 0.29) is 10.6 Å². The van der Waals surface area contributed by atoms with Gasteiger partial charge < -0.3 is 4.90 Å². The van der Waals surface area contributed by atoms with Gasteiger partial charge in [0.15, 0.2) is 0 Å². The van der Waals surface area contributed by atoms with Crippen LogP contribution in [0.15, 0.2) is 24.3 Å². The van der Waals surface area contributed by atoms with E-state index in [1.807, 2.05) is 13.0 Å². The molecule has 0 aliphatic rings. The Bertz CT molecular complexity index is 440. The Morgan fingerprint density at radius 1 is 1.39 bits per heavy atom. The number of nitro groups is 1. The molecule has 0 N–H and O–H groups in total. The second-order valence-electron chi connectivity index (χ2n) is 3.98. The van der Waals surface area contributed by atoms with Crippen LogP contribution in [0.4, 0.5) is 5.69 Å². The fourth-order valence-electron chi connectivity index (χ4n) is 1.82. The van der Waals surface area contributed by atoms with Gasteiger partial charge in [0.1, 0.15) is 0 Å². The van der Waals surface area contributed by atoms with Crippen molar-refractivity contribution in [1.29, 1.82) is 5.26 Å². The lowest BCUT2D eigenvalue weighted by Crippen LogP contribution is -2.26. The first kappa shape index (κ1) is 14.1. The summed E-state index contributed by atoms with van der Waals surface area (Å²) in [6.07, 6.45) is 1.13. The number of nitriles is 1. The first-order valence-corrected chi connectivity index (χ1v) is 6.00. The van der Waals surface area contributed by atoms with E-state index in [4.69, 9.17) is 5.26 Å². The van der Waals surface area contributed by atoms with E-state index >= 15 is 0 Å². The second kappa shape index (κ2) is 7.41. The predicted molar refractivity (Wildman–Crippen MR) is 69.1 cm³/mol. The fourth-order valence-corrected chi connectivity index (χ4v) is 1.82. The van der Waals surface area contributed by atoms with Gasteiger partial charge in [-0.25, -0.2) is 0 Å². The molecule has 0 unspecified atom stereocenters. The van der Waals surface area contributed by atoms with E-state index in [0.29, 0.717) is 19.4 Å². The molecule has 0 aliphatic heterocycles.